The minimum absolute atomic E-state index is 1.06. The van der Waals surface area contributed by atoms with E-state index in [0.717, 1.165) is 9.30 Å². The summed E-state index contributed by atoms with van der Waals surface area (Å²) < 4.78 is 2.59. The Kier molecular flexibility index (Phi) is 2.53. The van der Waals surface area contributed by atoms with Crippen LogP contribution in [0.2, 0.25) is 19.6 Å². The highest BCUT2D eigenvalue weighted by Crippen LogP contribution is 2.22. The van der Waals surface area contributed by atoms with E-state index in [0.29, 0.717) is 0 Å². The van der Waals surface area contributed by atoms with E-state index in [9.17, 15) is 0 Å². The van der Waals surface area contributed by atoms with Crippen LogP contribution in [-0.4, -0.2) is 13.1 Å². The SMILES string of the molecule is C[Si](C)(C)c1cc2cc(Br)cnc2s1. The molecule has 2 rings (SSSR count). The van der Waals surface area contributed by atoms with Crippen molar-refractivity contribution in [2.45, 2.75) is 19.6 Å². The number of aromatic nitrogens is 1. The lowest BCUT2D eigenvalue weighted by Crippen LogP contribution is -2.34. The maximum Gasteiger partial charge on any atom is 0.123 e. The van der Waals surface area contributed by atoms with Crippen LogP contribution < -0.4 is 4.50 Å². The molecule has 0 spiro atoms. The molecule has 0 bridgehead atoms. The summed E-state index contributed by atoms with van der Waals surface area (Å²) in [5, 5.41) is 1.27. The van der Waals surface area contributed by atoms with Gasteiger partial charge in [-0.2, -0.15) is 0 Å². The molecule has 0 unspecified atom stereocenters. The van der Waals surface area contributed by atoms with E-state index in [-0.39, 0.29) is 0 Å². The standard InChI is InChI=1S/C10H12BrNSSi/c1-14(2,3)9-5-7-4-8(11)6-12-10(7)13-9/h4-6H,1-3H3. The molecular formula is C10H12BrNSSi. The fraction of sp³-hybridized carbons (Fsp3) is 0.300. The topological polar surface area (TPSA) is 12.9 Å². The molecule has 4 heteroatoms. The van der Waals surface area contributed by atoms with Gasteiger partial charge in [-0.1, -0.05) is 19.6 Å². The number of fused-ring (bicyclic) bond motifs is 1. The lowest BCUT2D eigenvalue weighted by atomic mass is 10.4. The largest absolute Gasteiger partial charge is 0.244 e. The highest BCUT2D eigenvalue weighted by molar-refractivity contribution is 9.10. The number of nitrogens with zero attached hydrogens (tertiary/aromatic N) is 1. The zero-order valence-electron chi connectivity index (χ0n) is 8.47. The molecule has 0 aliphatic rings. The number of pyridine rings is 1. The number of hydrogen-bond donors (Lipinski definition) is 0. The van der Waals surface area contributed by atoms with Gasteiger partial charge in [0.1, 0.15) is 4.83 Å². The zero-order chi connectivity index (χ0) is 10.3. The molecule has 0 saturated heterocycles. The Morgan fingerprint density at radius 1 is 1.29 bits per heavy atom. The highest BCUT2D eigenvalue weighted by Gasteiger charge is 2.19. The van der Waals surface area contributed by atoms with E-state index in [1.165, 1.54) is 9.89 Å². The van der Waals surface area contributed by atoms with Gasteiger partial charge in [0, 0.05) is 16.1 Å². The second-order valence-corrected chi connectivity index (χ2v) is 11.8. The minimum atomic E-state index is -1.17. The van der Waals surface area contributed by atoms with Gasteiger partial charge in [-0.25, -0.2) is 4.98 Å². The monoisotopic (exact) mass is 285 g/mol. The van der Waals surface area contributed by atoms with E-state index in [1.807, 2.05) is 17.5 Å². The lowest BCUT2D eigenvalue weighted by Gasteiger charge is -2.11. The predicted molar refractivity (Wildman–Crippen MR) is 70.3 cm³/mol. The first-order valence-electron chi connectivity index (χ1n) is 4.52. The molecule has 0 aliphatic carbocycles. The molecule has 1 nitrogen and oxygen atoms in total. The van der Waals surface area contributed by atoms with Crippen LogP contribution in [0, 0.1) is 0 Å². The van der Waals surface area contributed by atoms with Crippen molar-refractivity contribution in [3.63, 3.8) is 0 Å². The van der Waals surface area contributed by atoms with Crippen molar-refractivity contribution in [2.75, 3.05) is 0 Å². The zero-order valence-corrected chi connectivity index (χ0v) is 11.9. The number of rotatable bonds is 1. The second kappa shape index (κ2) is 3.43. The summed E-state index contributed by atoms with van der Waals surface area (Å²) in [6, 6.07) is 4.44. The van der Waals surface area contributed by atoms with Crippen molar-refractivity contribution in [3.8, 4) is 0 Å². The fourth-order valence-corrected chi connectivity index (χ4v) is 4.46. The molecule has 14 heavy (non-hydrogen) atoms. The van der Waals surface area contributed by atoms with Crippen LogP contribution >= 0.6 is 27.3 Å². The Bertz CT molecular complexity index is 472. The summed E-state index contributed by atoms with van der Waals surface area (Å²) in [5.74, 6) is 0. The van der Waals surface area contributed by atoms with Crippen LogP contribution in [0.4, 0.5) is 0 Å². The van der Waals surface area contributed by atoms with Crippen molar-refractivity contribution in [2.24, 2.45) is 0 Å². The minimum Gasteiger partial charge on any atom is -0.244 e. The molecule has 0 aromatic carbocycles. The molecule has 74 valence electrons. The molecule has 0 N–H and O–H groups in total. The first-order valence-corrected chi connectivity index (χ1v) is 9.63. The molecule has 2 heterocycles. The van der Waals surface area contributed by atoms with Crippen molar-refractivity contribution >= 4 is 50.1 Å². The third-order valence-electron chi connectivity index (χ3n) is 2.08. The molecular weight excluding hydrogens is 274 g/mol. The average Bonchev–Trinajstić information content (AvgIpc) is 2.45. The van der Waals surface area contributed by atoms with E-state index in [4.69, 9.17) is 0 Å². The van der Waals surface area contributed by atoms with Crippen LogP contribution in [0.1, 0.15) is 0 Å². The quantitative estimate of drug-likeness (QED) is 0.730. The lowest BCUT2D eigenvalue weighted by molar-refractivity contribution is 1.42. The van der Waals surface area contributed by atoms with Gasteiger partial charge in [0.2, 0.25) is 0 Å². The fourth-order valence-electron chi connectivity index (χ4n) is 1.28. The summed E-state index contributed by atoms with van der Waals surface area (Å²) in [4.78, 5) is 5.57. The van der Waals surface area contributed by atoms with Gasteiger partial charge in [0.05, 0.1) is 8.07 Å². The van der Waals surface area contributed by atoms with Gasteiger partial charge in [0.25, 0.3) is 0 Å². The average molecular weight is 286 g/mol. The van der Waals surface area contributed by atoms with Crippen molar-refractivity contribution < 1.29 is 0 Å². The first-order chi connectivity index (χ1) is 6.47. The third kappa shape index (κ3) is 1.92. The van der Waals surface area contributed by atoms with Gasteiger partial charge in [-0.05, 0) is 32.6 Å². The van der Waals surface area contributed by atoms with Crippen molar-refractivity contribution in [3.05, 3.63) is 22.8 Å². The van der Waals surface area contributed by atoms with Crippen LogP contribution in [0.15, 0.2) is 22.8 Å². The maximum absolute atomic E-state index is 4.41. The Morgan fingerprint density at radius 3 is 2.64 bits per heavy atom. The molecule has 0 fully saturated rings. The Labute approximate surface area is 97.3 Å². The van der Waals surface area contributed by atoms with Gasteiger partial charge in [0.15, 0.2) is 0 Å². The van der Waals surface area contributed by atoms with Gasteiger partial charge < -0.3 is 0 Å². The highest BCUT2D eigenvalue weighted by atomic mass is 79.9. The maximum atomic E-state index is 4.41. The van der Waals surface area contributed by atoms with E-state index < -0.39 is 8.07 Å². The summed E-state index contributed by atoms with van der Waals surface area (Å²) in [7, 11) is -1.17. The van der Waals surface area contributed by atoms with Crippen LogP contribution in [0.25, 0.3) is 10.2 Å². The second-order valence-electron chi connectivity index (χ2n) is 4.41. The number of hydrogen-bond acceptors (Lipinski definition) is 2. The molecule has 0 aliphatic heterocycles. The molecule has 0 atom stereocenters. The van der Waals surface area contributed by atoms with Crippen LogP contribution in [-0.2, 0) is 0 Å². The number of thiophene rings is 1. The first kappa shape index (κ1) is 10.3. The molecule has 2 aromatic rings. The molecule has 0 amide bonds. The van der Waals surface area contributed by atoms with Crippen LogP contribution in [0.3, 0.4) is 0 Å². The molecule has 2 aromatic heterocycles. The smallest absolute Gasteiger partial charge is 0.123 e. The predicted octanol–water partition coefficient (Wildman–Crippen LogP) is 3.60. The van der Waals surface area contributed by atoms with E-state index >= 15 is 0 Å². The van der Waals surface area contributed by atoms with Crippen LogP contribution in [0.5, 0.6) is 0 Å². The van der Waals surface area contributed by atoms with Crippen molar-refractivity contribution in [1.82, 2.24) is 4.98 Å². The summed E-state index contributed by atoms with van der Waals surface area (Å²) in [5.41, 5.74) is 0. The number of halogens is 1. The Balaban J connectivity index is 2.63. The van der Waals surface area contributed by atoms with Gasteiger partial charge in [-0.15, -0.1) is 11.3 Å². The Morgan fingerprint density at radius 2 is 2.00 bits per heavy atom. The van der Waals surface area contributed by atoms with E-state index in [2.05, 4.69) is 52.7 Å². The molecule has 0 radical (unpaired) electrons. The van der Waals surface area contributed by atoms with Crippen molar-refractivity contribution in [1.29, 1.82) is 0 Å². The van der Waals surface area contributed by atoms with Gasteiger partial charge in [-0.3, -0.25) is 0 Å². The molecule has 0 saturated carbocycles. The van der Waals surface area contributed by atoms with E-state index in [1.54, 1.807) is 0 Å². The van der Waals surface area contributed by atoms with Gasteiger partial charge >= 0.3 is 0 Å². The Hall–Kier alpha value is -0.193. The summed E-state index contributed by atoms with van der Waals surface area (Å²) >= 11 is 5.29. The summed E-state index contributed by atoms with van der Waals surface area (Å²) in [6.07, 6.45) is 1.87. The summed E-state index contributed by atoms with van der Waals surface area (Å²) in [6.45, 7) is 7.10. The third-order valence-corrected chi connectivity index (χ3v) is 7.15. The normalized spacial score (nSPS) is 12.3.